The third-order valence-electron chi connectivity index (χ3n) is 12.2. The molecule has 0 radical (unpaired) electrons. The summed E-state index contributed by atoms with van der Waals surface area (Å²) in [6, 6.07) is 26.2. The van der Waals surface area contributed by atoms with Crippen LogP contribution in [0.5, 0.6) is 11.6 Å². The van der Waals surface area contributed by atoms with E-state index < -0.39 is 18.0 Å². The third kappa shape index (κ3) is 10.1. The first-order chi connectivity index (χ1) is 30.5. The number of unbranched alkanes of at least 4 members (excludes halogenated alkanes) is 4. The molecule has 2 N–H and O–H groups in total. The number of benzene rings is 4. The molecule has 4 aromatic carbocycles. The van der Waals surface area contributed by atoms with E-state index in [2.05, 4.69) is 62.9 Å². The lowest BCUT2D eigenvalue weighted by atomic mass is 9.75. The quantitative estimate of drug-likeness (QED) is 0.0531. The van der Waals surface area contributed by atoms with E-state index in [1.54, 1.807) is 30.3 Å². The molecule has 2 heterocycles. The van der Waals surface area contributed by atoms with Crippen LogP contribution in [0.15, 0.2) is 84.9 Å². The zero-order valence-corrected chi connectivity index (χ0v) is 37.3. The van der Waals surface area contributed by atoms with Gasteiger partial charge in [-0.05, 0) is 104 Å². The lowest BCUT2D eigenvalue weighted by Gasteiger charge is -2.37. The van der Waals surface area contributed by atoms with Crippen molar-refractivity contribution in [3.05, 3.63) is 119 Å². The Balaban J connectivity index is 1.22. The van der Waals surface area contributed by atoms with Gasteiger partial charge in [-0.1, -0.05) is 127 Å². The van der Waals surface area contributed by atoms with Crippen molar-refractivity contribution >= 4 is 45.6 Å². The maximum atomic E-state index is 14.3. The molecule has 1 aliphatic rings. The van der Waals surface area contributed by atoms with Crippen LogP contribution in [0, 0.1) is 31.2 Å². The molecular weight excluding hydrogens is 791 g/mol. The van der Waals surface area contributed by atoms with Gasteiger partial charge in [-0.2, -0.15) is 0 Å². The second-order valence-electron chi connectivity index (χ2n) is 17.4. The predicted octanol–water partition coefficient (Wildman–Crippen LogP) is 12.5. The molecule has 0 aliphatic heterocycles. The molecule has 1 fully saturated rings. The van der Waals surface area contributed by atoms with Crippen LogP contribution in [0.1, 0.15) is 124 Å². The molecule has 63 heavy (non-hydrogen) atoms. The maximum absolute atomic E-state index is 14.3. The minimum absolute atomic E-state index is 0.0816. The van der Waals surface area contributed by atoms with Gasteiger partial charge in [0.2, 0.25) is 5.88 Å². The molecule has 0 bridgehead atoms. The molecule has 1 saturated carbocycles. The Kier molecular flexibility index (Phi) is 14.3. The number of ether oxygens (including phenoxy) is 3. The minimum Gasteiger partial charge on any atom is -0.480 e. The van der Waals surface area contributed by atoms with Gasteiger partial charge in [0.05, 0.1) is 12.1 Å². The topological polar surface area (TPSA) is 128 Å². The Labute approximate surface area is 370 Å². The van der Waals surface area contributed by atoms with Gasteiger partial charge in [0.25, 0.3) is 11.6 Å². The van der Waals surface area contributed by atoms with E-state index in [0.29, 0.717) is 40.4 Å². The zero-order valence-electron chi connectivity index (χ0n) is 37.3. The number of nitrogens with zero attached hydrogens (tertiary/aromatic N) is 3. The molecule has 11 heteroatoms. The van der Waals surface area contributed by atoms with Crippen molar-refractivity contribution in [2.75, 3.05) is 5.32 Å². The second-order valence-corrected chi connectivity index (χ2v) is 17.4. The summed E-state index contributed by atoms with van der Waals surface area (Å²) < 4.78 is 20.2. The summed E-state index contributed by atoms with van der Waals surface area (Å²) >= 11 is 0. The molecule has 0 saturated heterocycles. The van der Waals surface area contributed by atoms with Crippen molar-refractivity contribution in [1.82, 2.24) is 14.6 Å². The Morgan fingerprint density at radius 1 is 0.889 bits per heavy atom. The summed E-state index contributed by atoms with van der Waals surface area (Å²) in [5.41, 5.74) is 3.47. The number of rotatable bonds is 17. The fourth-order valence-corrected chi connectivity index (χ4v) is 9.15. The molecule has 2 aromatic heterocycles. The van der Waals surface area contributed by atoms with E-state index in [1.165, 1.54) is 4.52 Å². The van der Waals surface area contributed by atoms with E-state index in [4.69, 9.17) is 25.8 Å². The van der Waals surface area contributed by atoms with Crippen molar-refractivity contribution in [2.24, 2.45) is 17.8 Å². The Morgan fingerprint density at radius 3 is 2.40 bits per heavy atom. The van der Waals surface area contributed by atoms with E-state index in [1.807, 2.05) is 48.5 Å². The number of esters is 2. The van der Waals surface area contributed by atoms with Crippen molar-refractivity contribution in [2.45, 2.75) is 118 Å². The normalized spacial score (nSPS) is 17.9. The van der Waals surface area contributed by atoms with Gasteiger partial charge in [-0.3, -0.25) is 9.89 Å². The Morgan fingerprint density at radius 2 is 1.63 bits per heavy atom. The van der Waals surface area contributed by atoms with Crippen LogP contribution in [0.4, 0.5) is 11.4 Å². The largest absolute Gasteiger partial charge is 0.480 e. The first-order valence-corrected chi connectivity index (χ1v) is 22.6. The smallest absolute Gasteiger partial charge is 0.344 e. The number of carbonyl (C=O) groups excluding carboxylic acids is 3. The molecule has 3 atom stereocenters. The van der Waals surface area contributed by atoms with Crippen molar-refractivity contribution in [3.63, 3.8) is 0 Å². The predicted molar refractivity (Wildman–Crippen MR) is 248 cm³/mol. The van der Waals surface area contributed by atoms with Gasteiger partial charge in [-0.25, -0.2) is 23.9 Å². The number of aromatic amines is 1. The zero-order chi connectivity index (χ0) is 44.6. The highest BCUT2D eigenvalue weighted by Crippen LogP contribution is 2.41. The van der Waals surface area contributed by atoms with E-state index in [0.717, 1.165) is 80.1 Å². The third-order valence-corrected chi connectivity index (χ3v) is 12.2. The maximum Gasteiger partial charge on any atom is 0.344 e. The number of H-pyrrole nitrogens is 1. The molecule has 7 rings (SSSR count). The number of fused-ring (bicyclic) bond motifs is 2. The second kappa shape index (κ2) is 20.2. The number of aromatic nitrogens is 3. The van der Waals surface area contributed by atoms with Gasteiger partial charge < -0.3 is 19.5 Å². The van der Waals surface area contributed by atoms with Crippen LogP contribution in [0.25, 0.3) is 32.7 Å². The van der Waals surface area contributed by atoms with Crippen LogP contribution >= 0.6 is 0 Å². The van der Waals surface area contributed by atoms with Gasteiger partial charge in [0.1, 0.15) is 17.4 Å². The number of aryl methyl sites for hydroxylation is 2. The van der Waals surface area contributed by atoms with Crippen LogP contribution < -0.4 is 14.8 Å². The lowest BCUT2D eigenvalue weighted by molar-refractivity contribution is -0.123. The number of nitrogens with one attached hydrogen (secondary N) is 2. The average Bonchev–Trinajstić information content (AvgIpc) is 3.83. The molecule has 3 unspecified atom stereocenters. The SMILES string of the molecule is [C-]#[N+]c1c(C(=O)OC2C(C)CC(C)CC2C)c2nc(-c3cccc(NC(=O)C(CCCCCC)Oc4ccc(C)cc4CCCC)c3)[nH]n2c1OC(=O)c1cccc2ccccc12. The summed E-state index contributed by atoms with van der Waals surface area (Å²) in [6.07, 6.45) is 8.28. The van der Waals surface area contributed by atoms with E-state index in [-0.39, 0.29) is 46.6 Å². The highest BCUT2D eigenvalue weighted by atomic mass is 16.6. The highest BCUT2D eigenvalue weighted by molar-refractivity contribution is 6.08. The first kappa shape index (κ1) is 44.6. The standard InChI is InChI=1S/C52H59N5O6/c1-8-10-12-13-25-43(61-42-27-26-32(3)30-37(42)18-11-9-2)49(58)54-39-22-16-21-38(31-39)47-55-48-44(52(60)62-46-34(5)28-33(4)29-35(46)6)45(53-7)50(57(48)56-47)63-51(59)41-24-17-20-36-19-14-15-23-40(36)41/h14-17,19-24,26-27,30-31,33-35,43,46H,8-13,18,25,28-29H2,1-6H3,(H,54,58)(H,55,56). The molecule has 328 valence electrons. The fourth-order valence-electron chi connectivity index (χ4n) is 9.15. The average molecular weight is 850 g/mol. The summed E-state index contributed by atoms with van der Waals surface area (Å²) in [7, 11) is 0. The first-order valence-electron chi connectivity index (χ1n) is 22.6. The minimum atomic E-state index is -0.714. The van der Waals surface area contributed by atoms with Crippen molar-refractivity contribution in [3.8, 4) is 23.0 Å². The highest BCUT2D eigenvalue weighted by Gasteiger charge is 2.37. The fraction of sp³-hybridized carbons (Fsp3) is 0.404. The molecular formula is C52H59N5O6. The summed E-state index contributed by atoms with van der Waals surface area (Å²) in [4.78, 5) is 51.0. The van der Waals surface area contributed by atoms with E-state index in [9.17, 15) is 14.4 Å². The van der Waals surface area contributed by atoms with Crippen molar-refractivity contribution < 1.29 is 28.6 Å². The molecule has 11 nitrogen and oxygen atoms in total. The van der Waals surface area contributed by atoms with Crippen LogP contribution in [-0.4, -0.2) is 44.7 Å². The van der Waals surface area contributed by atoms with Gasteiger partial charge in [0.15, 0.2) is 17.6 Å². The number of carbonyl (C=O) groups is 3. The molecule has 1 aliphatic carbocycles. The number of amides is 1. The van der Waals surface area contributed by atoms with Gasteiger partial charge in [0, 0.05) is 11.3 Å². The summed E-state index contributed by atoms with van der Waals surface area (Å²) in [6.45, 7) is 21.0. The molecule has 1 amide bonds. The Hall–Kier alpha value is -6.41. The number of hydrogen-bond donors (Lipinski definition) is 2. The van der Waals surface area contributed by atoms with Crippen LogP contribution in [0.2, 0.25) is 0 Å². The summed E-state index contributed by atoms with van der Waals surface area (Å²) in [5.74, 6) is -0.0707. The molecule has 6 aromatic rings. The molecule has 0 spiro atoms. The van der Waals surface area contributed by atoms with Gasteiger partial charge in [-0.15, -0.1) is 0 Å². The van der Waals surface area contributed by atoms with Crippen LogP contribution in [-0.2, 0) is 16.0 Å². The monoisotopic (exact) mass is 849 g/mol. The van der Waals surface area contributed by atoms with E-state index >= 15 is 0 Å². The number of hydrogen-bond acceptors (Lipinski definition) is 7. The Bertz CT molecular complexity index is 2620. The van der Waals surface area contributed by atoms with Crippen LogP contribution in [0.3, 0.4) is 0 Å². The van der Waals surface area contributed by atoms with Gasteiger partial charge >= 0.3 is 11.9 Å². The van der Waals surface area contributed by atoms with Crippen molar-refractivity contribution in [1.29, 1.82) is 0 Å². The lowest BCUT2D eigenvalue weighted by Crippen LogP contribution is -2.37. The summed E-state index contributed by atoms with van der Waals surface area (Å²) in [5, 5.41) is 7.82. The number of anilines is 1.